The van der Waals surface area contributed by atoms with Crippen LogP contribution in [0.2, 0.25) is 0 Å². The van der Waals surface area contributed by atoms with E-state index < -0.39 is 28.7 Å². The molecule has 1 aliphatic heterocycles. The van der Waals surface area contributed by atoms with Crippen LogP contribution in [0.1, 0.15) is 37.0 Å². The van der Waals surface area contributed by atoms with E-state index >= 15 is 8.78 Å². The second-order valence-corrected chi connectivity index (χ2v) is 10.2. The van der Waals surface area contributed by atoms with Crippen LogP contribution in [0, 0.1) is 5.92 Å². The zero-order valence-electron chi connectivity index (χ0n) is 19.9. The van der Waals surface area contributed by atoms with Gasteiger partial charge in [-0.2, -0.15) is 8.78 Å². The molecule has 0 bridgehead atoms. The van der Waals surface area contributed by atoms with Crippen LogP contribution in [-0.2, 0) is 33.3 Å². The summed E-state index contributed by atoms with van der Waals surface area (Å²) in [5, 5.41) is 0. The lowest BCUT2D eigenvalue weighted by atomic mass is 9.83. The fourth-order valence-electron chi connectivity index (χ4n) is 4.61. The zero-order valence-corrected chi connectivity index (χ0v) is 21.5. The Hall–Kier alpha value is -2.12. The monoisotopic (exact) mass is 544 g/mol. The first-order valence-corrected chi connectivity index (χ1v) is 12.8. The summed E-state index contributed by atoms with van der Waals surface area (Å²) < 4.78 is 49.3. The van der Waals surface area contributed by atoms with Gasteiger partial charge in [-0.25, -0.2) is 0 Å². The van der Waals surface area contributed by atoms with Gasteiger partial charge in [0.1, 0.15) is 6.10 Å². The van der Waals surface area contributed by atoms with E-state index in [4.69, 9.17) is 14.2 Å². The molecule has 1 saturated heterocycles. The molecule has 0 amide bonds. The van der Waals surface area contributed by atoms with E-state index in [2.05, 4.69) is 15.9 Å². The van der Waals surface area contributed by atoms with Crippen molar-refractivity contribution in [3.63, 3.8) is 0 Å². The number of hydrogen-bond donors (Lipinski definition) is 0. The predicted molar refractivity (Wildman–Crippen MR) is 136 cm³/mol. The third kappa shape index (κ3) is 5.51. The van der Waals surface area contributed by atoms with Gasteiger partial charge in [0.25, 0.3) is 0 Å². The molecule has 186 valence electrons. The third-order valence-corrected chi connectivity index (χ3v) is 7.75. The average molecular weight is 545 g/mol. The van der Waals surface area contributed by atoms with Crippen LogP contribution in [0.4, 0.5) is 8.78 Å². The molecule has 4 rings (SSSR count). The maximum atomic E-state index is 16.3. The lowest BCUT2D eigenvalue weighted by Crippen LogP contribution is -2.65. The highest BCUT2D eigenvalue weighted by molar-refractivity contribution is 9.10. The third-order valence-electron chi connectivity index (χ3n) is 6.62. The van der Waals surface area contributed by atoms with Gasteiger partial charge in [0.15, 0.2) is 0 Å². The van der Waals surface area contributed by atoms with Crippen LogP contribution in [0.25, 0.3) is 0 Å². The summed E-state index contributed by atoms with van der Waals surface area (Å²) in [6.45, 7) is 4.36. The summed E-state index contributed by atoms with van der Waals surface area (Å²) in [5.74, 6) is -3.56. The summed E-state index contributed by atoms with van der Waals surface area (Å²) >= 11 is 3.39. The number of hydrogen-bond acceptors (Lipinski definition) is 3. The Morgan fingerprint density at radius 2 is 1.31 bits per heavy atom. The molecule has 0 N–H and O–H groups in total. The van der Waals surface area contributed by atoms with Gasteiger partial charge in [-0.15, -0.1) is 0 Å². The Bertz CT molecular complexity index is 1050. The number of rotatable bonds is 9. The molecule has 1 aliphatic rings. The Balaban J connectivity index is 1.72. The second-order valence-electron chi connectivity index (χ2n) is 8.99. The molecule has 3 nitrogen and oxygen atoms in total. The molecule has 1 heterocycles. The molecule has 0 spiro atoms. The molecule has 0 aromatic heterocycles. The van der Waals surface area contributed by atoms with E-state index in [9.17, 15) is 0 Å². The maximum absolute atomic E-state index is 16.3. The van der Waals surface area contributed by atoms with Crippen molar-refractivity contribution in [2.24, 2.45) is 5.92 Å². The highest BCUT2D eigenvalue weighted by Crippen LogP contribution is 2.54. The lowest BCUT2D eigenvalue weighted by molar-refractivity contribution is -0.300. The summed E-state index contributed by atoms with van der Waals surface area (Å²) in [4.78, 5) is 0. The van der Waals surface area contributed by atoms with E-state index in [1.165, 1.54) is 12.1 Å². The smallest absolute Gasteiger partial charge is 0.314 e. The molecule has 3 aromatic rings. The predicted octanol–water partition coefficient (Wildman–Crippen LogP) is 7.49. The van der Waals surface area contributed by atoms with Crippen LogP contribution in [0.3, 0.4) is 0 Å². The normalized spacial score (nSPS) is 27.0. The summed E-state index contributed by atoms with van der Waals surface area (Å²) in [6, 6.07) is 27.0. The largest absolute Gasteiger partial charge is 0.370 e. The fraction of sp³-hybridized carbons (Fsp3) is 0.379. The highest BCUT2D eigenvalue weighted by Gasteiger charge is 2.66. The van der Waals surface area contributed by atoms with Crippen LogP contribution < -0.4 is 0 Å². The molecule has 3 aromatic carbocycles. The number of alkyl halides is 3. The van der Waals surface area contributed by atoms with Crippen molar-refractivity contribution in [3.8, 4) is 0 Å². The minimum Gasteiger partial charge on any atom is -0.370 e. The van der Waals surface area contributed by atoms with Crippen LogP contribution in [-0.4, -0.2) is 22.8 Å². The van der Waals surface area contributed by atoms with E-state index in [0.29, 0.717) is 6.42 Å². The summed E-state index contributed by atoms with van der Waals surface area (Å²) in [7, 11) is 0. The van der Waals surface area contributed by atoms with Gasteiger partial charge < -0.3 is 14.2 Å². The van der Waals surface area contributed by atoms with Crippen molar-refractivity contribution in [2.45, 2.75) is 62.2 Å². The first-order valence-electron chi connectivity index (χ1n) is 12.0. The Morgan fingerprint density at radius 1 is 0.829 bits per heavy atom. The molecule has 5 atom stereocenters. The van der Waals surface area contributed by atoms with Crippen LogP contribution in [0.5, 0.6) is 0 Å². The first kappa shape index (κ1) is 26.0. The number of benzene rings is 3. The van der Waals surface area contributed by atoms with Gasteiger partial charge in [0, 0.05) is 11.5 Å². The molecular weight excluding hydrogens is 514 g/mol. The minimum absolute atomic E-state index is 0.142. The second kappa shape index (κ2) is 11.3. The number of ether oxygens (including phenoxy) is 3. The Morgan fingerprint density at radius 3 is 1.83 bits per heavy atom. The van der Waals surface area contributed by atoms with Gasteiger partial charge in [0.2, 0.25) is 4.51 Å². The molecule has 1 unspecified atom stereocenters. The van der Waals surface area contributed by atoms with Crippen LogP contribution in [0.15, 0.2) is 91.0 Å². The fourth-order valence-corrected chi connectivity index (χ4v) is 5.48. The van der Waals surface area contributed by atoms with Gasteiger partial charge in [-0.05, 0) is 33.5 Å². The summed E-state index contributed by atoms with van der Waals surface area (Å²) in [6.07, 6.45) is -1.59. The molecular formula is C29H31BrF2O3. The van der Waals surface area contributed by atoms with Crippen molar-refractivity contribution >= 4 is 15.9 Å². The van der Waals surface area contributed by atoms with E-state index in [0.717, 1.165) is 11.1 Å². The molecule has 0 saturated carbocycles. The van der Waals surface area contributed by atoms with Crippen molar-refractivity contribution in [1.29, 1.82) is 0 Å². The van der Waals surface area contributed by atoms with Gasteiger partial charge in [-0.1, -0.05) is 105 Å². The Kier molecular flexibility index (Phi) is 8.38. The van der Waals surface area contributed by atoms with Crippen molar-refractivity contribution in [3.05, 3.63) is 108 Å². The molecule has 6 heteroatoms. The topological polar surface area (TPSA) is 27.7 Å². The molecule has 0 radical (unpaired) electrons. The Labute approximate surface area is 214 Å². The lowest BCUT2D eigenvalue weighted by Gasteiger charge is -2.52. The standard InChI is InChI=1S/C29H31BrF2O3/c1-3-25-21(2)26(33-19-22-13-7-4-8-14-22)27(34-20-23-15-9-5-10-16-23)28(30,35-25)29(31,32)24-17-11-6-12-18-24/h4-18,21,25-27H,3,19-20H2,1-2H3/t21-,25-,26+,27-,28?/m1/s1. The first-order chi connectivity index (χ1) is 16.9. The van der Waals surface area contributed by atoms with Crippen molar-refractivity contribution < 1.29 is 23.0 Å². The van der Waals surface area contributed by atoms with Crippen molar-refractivity contribution in [2.75, 3.05) is 0 Å². The SMILES string of the molecule is CC[C@H]1OC(Br)(C(F)(F)c2ccccc2)[C@H](OCc2ccccc2)[C@@H](OCc2ccccc2)[C@@H]1C. The van der Waals surface area contributed by atoms with Gasteiger partial charge >= 0.3 is 5.92 Å². The van der Waals surface area contributed by atoms with Gasteiger partial charge in [-0.3, -0.25) is 0 Å². The molecule has 0 aliphatic carbocycles. The van der Waals surface area contributed by atoms with Crippen molar-refractivity contribution in [1.82, 2.24) is 0 Å². The molecule has 1 fully saturated rings. The van der Waals surface area contributed by atoms with E-state index in [1.54, 1.807) is 18.2 Å². The molecule has 35 heavy (non-hydrogen) atoms. The van der Waals surface area contributed by atoms with Gasteiger partial charge in [0.05, 0.1) is 25.4 Å². The minimum atomic E-state index is -3.39. The van der Waals surface area contributed by atoms with E-state index in [1.807, 2.05) is 74.5 Å². The zero-order chi connectivity index (χ0) is 24.9. The summed E-state index contributed by atoms with van der Waals surface area (Å²) in [5.41, 5.74) is 1.71. The maximum Gasteiger partial charge on any atom is 0.314 e. The average Bonchev–Trinajstić information content (AvgIpc) is 2.89. The van der Waals surface area contributed by atoms with Crippen LogP contribution >= 0.6 is 15.9 Å². The highest BCUT2D eigenvalue weighted by atomic mass is 79.9. The quantitative estimate of drug-likeness (QED) is 0.261. The number of halogens is 3. The van der Waals surface area contributed by atoms with E-state index in [-0.39, 0.29) is 24.7 Å².